The first kappa shape index (κ1) is 12.6. The average Bonchev–Trinajstić information content (AvgIpc) is 2.48. The van der Waals surface area contributed by atoms with Gasteiger partial charge in [0.2, 0.25) is 17.7 Å². The molecule has 16 heavy (non-hydrogen) atoms. The van der Waals surface area contributed by atoms with Gasteiger partial charge >= 0.3 is 0 Å². The molecular weight excluding hydrogens is 208 g/mol. The van der Waals surface area contributed by atoms with Crippen molar-refractivity contribution >= 4 is 5.91 Å². The number of nitrogens with zero attached hydrogens (tertiary/aromatic N) is 2. The third-order valence-corrected chi connectivity index (χ3v) is 1.64. The van der Waals surface area contributed by atoms with Gasteiger partial charge in [-0.2, -0.15) is 0 Å². The van der Waals surface area contributed by atoms with Crippen molar-refractivity contribution in [2.75, 3.05) is 6.54 Å². The second-order valence-corrected chi connectivity index (χ2v) is 4.62. The van der Waals surface area contributed by atoms with Crippen LogP contribution in [-0.4, -0.2) is 28.2 Å². The van der Waals surface area contributed by atoms with Gasteiger partial charge in [-0.25, -0.2) is 0 Å². The van der Waals surface area contributed by atoms with Gasteiger partial charge < -0.3 is 9.73 Å². The normalized spacial score (nSPS) is 11.5. The minimum atomic E-state index is -0.208. The number of rotatable bonds is 4. The molecule has 0 spiro atoms. The van der Waals surface area contributed by atoms with Crippen LogP contribution in [0.2, 0.25) is 0 Å². The van der Waals surface area contributed by atoms with Gasteiger partial charge in [0.25, 0.3) is 0 Å². The molecule has 6 heteroatoms. The lowest BCUT2D eigenvalue weighted by Gasteiger charge is -2.20. The van der Waals surface area contributed by atoms with E-state index in [0.717, 1.165) is 0 Å². The minimum absolute atomic E-state index is 0.0521. The van der Waals surface area contributed by atoms with Crippen LogP contribution in [0.1, 0.15) is 32.6 Å². The van der Waals surface area contributed by atoms with E-state index in [1.54, 1.807) is 6.92 Å². The van der Waals surface area contributed by atoms with Crippen molar-refractivity contribution in [3.63, 3.8) is 0 Å². The van der Waals surface area contributed by atoms with Crippen LogP contribution >= 0.6 is 0 Å². The molecular formula is C10H18N4O2. The molecule has 90 valence electrons. The fourth-order valence-electron chi connectivity index (χ4n) is 1.15. The van der Waals surface area contributed by atoms with Crippen LogP contribution < -0.4 is 10.6 Å². The third-order valence-electron chi connectivity index (χ3n) is 1.64. The molecule has 1 heterocycles. The predicted octanol–water partition coefficient (Wildman–Crippen LogP) is 0.382. The number of carbonyl (C=O) groups is 1. The fourth-order valence-corrected chi connectivity index (χ4v) is 1.15. The zero-order chi connectivity index (χ0) is 12.2. The summed E-state index contributed by atoms with van der Waals surface area (Å²) in [5.41, 5.74) is -0.208. The number of aromatic nitrogens is 2. The zero-order valence-corrected chi connectivity index (χ0v) is 10.1. The molecule has 0 fully saturated rings. The van der Waals surface area contributed by atoms with Gasteiger partial charge in [-0.15, -0.1) is 10.2 Å². The summed E-state index contributed by atoms with van der Waals surface area (Å²) in [4.78, 5) is 11.4. The highest BCUT2D eigenvalue weighted by Crippen LogP contribution is 1.98. The Kier molecular flexibility index (Phi) is 4.00. The number of nitrogens with one attached hydrogen (secondary N) is 2. The standard InChI is InChI=1S/C10H18N4O2/c1-7-13-14-9(16-7)6-11-5-8(15)12-10(2,3)4/h11H,5-6H2,1-4H3,(H,12,15). The van der Waals surface area contributed by atoms with Crippen molar-refractivity contribution < 1.29 is 9.21 Å². The lowest BCUT2D eigenvalue weighted by Crippen LogP contribution is -2.44. The van der Waals surface area contributed by atoms with Crippen molar-refractivity contribution in [1.29, 1.82) is 0 Å². The van der Waals surface area contributed by atoms with Gasteiger partial charge in [0, 0.05) is 12.5 Å². The SMILES string of the molecule is Cc1nnc(CNCC(=O)NC(C)(C)C)o1. The Morgan fingerprint density at radius 1 is 1.38 bits per heavy atom. The van der Waals surface area contributed by atoms with Crippen molar-refractivity contribution in [2.24, 2.45) is 0 Å². The molecule has 1 rings (SSSR count). The molecule has 0 saturated carbocycles. The second-order valence-electron chi connectivity index (χ2n) is 4.62. The van der Waals surface area contributed by atoms with E-state index in [1.165, 1.54) is 0 Å². The summed E-state index contributed by atoms with van der Waals surface area (Å²) in [6.45, 7) is 8.17. The highest BCUT2D eigenvalue weighted by Gasteiger charge is 2.13. The highest BCUT2D eigenvalue weighted by molar-refractivity contribution is 5.78. The summed E-state index contributed by atoms with van der Waals surface area (Å²) < 4.78 is 5.15. The van der Waals surface area contributed by atoms with Crippen LogP contribution in [0.15, 0.2) is 4.42 Å². The Morgan fingerprint density at radius 2 is 2.06 bits per heavy atom. The maximum absolute atomic E-state index is 11.4. The first-order valence-electron chi connectivity index (χ1n) is 5.17. The van der Waals surface area contributed by atoms with E-state index < -0.39 is 0 Å². The summed E-state index contributed by atoms with van der Waals surface area (Å²) in [5, 5.41) is 13.3. The van der Waals surface area contributed by atoms with E-state index in [1.807, 2.05) is 20.8 Å². The molecule has 1 aromatic heterocycles. The molecule has 0 aromatic carbocycles. The zero-order valence-electron chi connectivity index (χ0n) is 10.1. The van der Waals surface area contributed by atoms with Crippen LogP contribution in [0.3, 0.4) is 0 Å². The molecule has 0 bridgehead atoms. The molecule has 0 aliphatic rings. The van der Waals surface area contributed by atoms with Gasteiger partial charge in [-0.1, -0.05) is 0 Å². The van der Waals surface area contributed by atoms with E-state index in [9.17, 15) is 4.79 Å². The van der Waals surface area contributed by atoms with Crippen LogP contribution in [0, 0.1) is 6.92 Å². The van der Waals surface area contributed by atoms with Crippen molar-refractivity contribution in [1.82, 2.24) is 20.8 Å². The Morgan fingerprint density at radius 3 is 2.56 bits per heavy atom. The monoisotopic (exact) mass is 226 g/mol. The number of hydrogen-bond acceptors (Lipinski definition) is 5. The largest absolute Gasteiger partial charge is 0.424 e. The van der Waals surface area contributed by atoms with Gasteiger partial charge in [0.05, 0.1) is 13.1 Å². The number of amides is 1. The predicted molar refractivity (Wildman–Crippen MR) is 58.6 cm³/mol. The maximum Gasteiger partial charge on any atom is 0.234 e. The quantitative estimate of drug-likeness (QED) is 0.776. The third kappa shape index (κ3) is 4.88. The van der Waals surface area contributed by atoms with Gasteiger partial charge in [0.1, 0.15) is 0 Å². The van der Waals surface area contributed by atoms with Crippen LogP contribution in [0.4, 0.5) is 0 Å². The summed E-state index contributed by atoms with van der Waals surface area (Å²) in [5.74, 6) is 0.959. The molecule has 0 atom stereocenters. The first-order valence-corrected chi connectivity index (χ1v) is 5.17. The highest BCUT2D eigenvalue weighted by atomic mass is 16.4. The van der Waals surface area contributed by atoms with E-state index in [0.29, 0.717) is 18.3 Å². The Labute approximate surface area is 94.8 Å². The van der Waals surface area contributed by atoms with Gasteiger partial charge in [0.15, 0.2) is 0 Å². The topological polar surface area (TPSA) is 80.0 Å². The Balaban J connectivity index is 2.23. The smallest absolute Gasteiger partial charge is 0.234 e. The number of hydrogen-bond donors (Lipinski definition) is 2. The van der Waals surface area contributed by atoms with E-state index in [2.05, 4.69) is 20.8 Å². The number of carbonyl (C=O) groups excluding carboxylic acids is 1. The maximum atomic E-state index is 11.4. The molecule has 1 amide bonds. The van der Waals surface area contributed by atoms with Crippen LogP contribution in [0.25, 0.3) is 0 Å². The van der Waals surface area contributed by atoms with E-state index >= 15 is 0 Å². The second kappa shape index (κ2) is 5.07. The minimum Gasteiger partial charge on any atom is -0.424 e. The molecule has 6 nitrogen and oxygen atoms in total. The van der Waals surface area contributed by atoms with Gasteiger partial charge in [-0.05, 0) is 20.8 Å². The van der Waals surface area contributed by atoms with Crippen LogP contribution in [0.5, 0.6) is 0 Å². The molecule has 0 saturated heterocycles. The van der Waals surface area contributed by atoms with E-state index in [4.69, 9.17) is 4.42 Å². The van der Waals surface area contributed by atoms with Crippen LogP contribution in [-0.2, 0) is 11.3 Å². The summed E-state index contributed by atoms with van der Waals surface area (Å²) in [6, 6.07) is 0. The number of aryl methyl sites for hydroxylation is 1. The molecule has 2 N–H and O–H groups in total. The van der Waals surface area contributed by atoms with Crippen molar-refractivity contribution in [2.45, 2.75) is 39.8 Å². The van der Waals surface area contributed by atoms with E-state index in [-0.39, 0.29) is 18.0 Å². The summed E-state index contributed by atoms with van der Waals surface area (Å²) in [6.07, 6.45) is 0. The molecule has 0 aliphatic carbocycles. The Hall–Kier alpha value is -1.43. The van der Waals surface area contributed by atoms with Gasteiger partial charge in [-0.3, -0.25) is 10.1 Å². The molecule has 0 aliphatic heterocycles. The summed E-state index contributed by atoms with van der Waals surface area (Å²) >= 11 is 0. The first-order chi connectivity index (χ1) is 7.37. The fraction of sp³-hybridized carbons (Fsp3) is 0.700. The molecule has 0 unspecified atom stereocenters. The lowest BCUT2D eigenvalue weighted by molar-refractivity contribution is -0.121. The Bertz CT molecular complexity index is 354. The van der Waals surface area contributed by atoms with Crippen molar-refractivity contribution in [3.05, 3.63) is 11.8 Å². The summed E-state index contributed by atoms with van der Waals surface area (Å²) in [7, 11) is 0. The average molecular weight is 226 g/mol. The molecule has 1 aromatic rings. The molecule has 0 radical (unpaired) electrons. The lowest BCUT2D eigenvalue weighted by atomic mass is 10.1. The van der Waals surface area contributed by atoms with Crippen molar-refractivity contribution in [3.8, 4) is 0 Å².